The van der Waals surface area contributed by atoms with Crippen molar-refractivity contribution in [2.24, 2.45) is 0 Å². The number of nitrogens with zero attached hydrogens (tertiary/aromatic N) is 2. The molecule has 1 aromatic carbocycles. The standard InChI is InChI=1S/C13H15F3N2O3/c14-13(15,16)10-2-1-9(11(19)7-10)8-17-3-5-18(6-4-17)12(20)21/h1-2,7,19H,3-6,8H2,(H,20,21). The van der Waals surface area contributed by atoms with E-state index >= 15 is 0 Å². The van der Waals surface area contributed by atoms with Gasteiger partial charge >= 0.3 is 12.3 Å². The van der Waals surface area contributed by atoms with Crippen molar-refractivity contribution >= 4 is 6.09 Å². The minimum Gasteiger partial charge on any atom is -0.508 e. The quantitative estimate of drug-likeness (QED) is 0.879. The number of piperazine rings is 1. The van der Waals surface area contributed by atoms with Crippen LogP contribution in [0.25, 0.3) is 0 Å². The van der Waals surface area contributed by atoms with Crippen molar-refractivity contribution in [3.05, 3.63) is 29.3 Å². The van der Waals surface area contributed by atoms with Crippen molar-refractivity contribution in [2.45, 2.75) is 12.7 Å². The topological polar surface area (TPSA) is 64.0 Å². The first kappa shape index (κ1) is 15.4. The van der Waals surface area contributed by atoms with E-state index in [0.717, 1.165) is 6.07 Å². The number of carboxylic acid groups (broad SMARTS) is 1. The molecule has 1 aliphatic heterocycles. The second-order valence-electron chi connectivity index (χ2n) is 4.89. The highest BCUT2D eigenvalue weighted by Crippen LogP contribution is 2.33. The Morgan fingerprint density at radius 1 is 1.19 bits per heavy atom. The van der Waals surface area contributed by atoms with Crippen molar-refractivity contribution in [1.29, 1.82) is 0 Å². The zero-order valence-electron chi connectivity index (χ0n) is 11.1. The van der Waals surface area contributed by atoms with Crippen LogP contribution >= 0.6 is 0 Å². The molecule has 1 aromatic rings. The lowest BCUT2D eigenvalue weighted by Gasteiger charge is -2.33. The second kappa shape index (κ2) is 5.80. The van der Waals surface area contributed by atoms with Gasteiger partial charge < -0.3 is 15.1 Å². The molecule has 2 rings (SSSR count). The lowest BCUT2D eigenvalue weighted by molar-refractivity contribution is -0.137. The number of benzene rings is 1. The number of alkyl halides is 3. The summed E-state index contributed by atoms with van der Waals surface area (Å²) in [6.07, 6.45) is -5.46. The van der Waals surface area contributed by atoms with E-state index in [1.54, 1.807) is 0 Å². The molecule has 0 aliphatic carbocycles. The zero-order chi connectivity index (χ0) is 15.6. The van der Waals surface area contributed by atoms with E-state index < -0.39 is 23.6 Å². The van der Waals surface area contributed by atoms with Gasteiger partial charge in [0.1, 0.15) is 5.75 Å². The number of hydrogen-bond acceptors (Lipinski definition) is 3. The summed E-state index contributed by atoms with van der Waals surface area (Å²) in [4.78, 5) is 13.9. The lowest BCUT2D eigenvalue weighted by atomic mass is 10.1. The van der Waals surface area contributed by atoms with Crippen LogP contribution in [-0.2, 0) is 12.7 Å². The van der Waals surface area contributed by atoms with E-state index in [9.17, 15) is 23.1 Å². The van der Waals surface area contributed by atoms with Crippen molar-refractivity contribution < 1.29 is 28.2 Å². The lowest BCUT2D eigenvalue weighted by Crippen LogP contribution is -2.47. The molecule has 1 amide bonds. The Morgan fingerprint density at radius 2 is 1.81 bits per heavy atom. The van der Waals surface area contributed by atoms with Crippen LogP contribution < -0.4 is 0 Å². The Bertz CT molecular complexity index is 526. The van der Waals surface area contributed by atoms with E-state index in [1.807, 2.05) is 4.90 Å². The van der Waals surface area contributed by atoms with Gasteiger partial charge in [-0.25, -0.2) is 4.79 Å². The predicted molar refractivity (Wildman–Crippen MR) is 68.0 cm³/mol. The molecule has 0 spiro atoms. The third-order valence-electron chi connectivity index (χ3n) is 3.45. The number of phenolic OH excluding ortho intramolecular Hbond substituents is 1. The Labute approximate surface area is 119 Å². The minimum absolute atomic E-state index is 0.289. The molecule has 1 aliphatic rings. The van der Waals surface area contributed by atoms with Gasteiger partial charge in [0.15, 0.2) is 0 Å². The second-order valence-corrected chi connectivity index (χ2v) is 4.89. The first-order chi connectivity index (χ1) is 9.77. The van der Waals surface area contributed by atoms with E-state index in [4.69, 9.17) is 5.11 Å². The molecule has 21 heavy (non-hydrogen) atoms. The summed E-state index contributed by atoms with van der Waals surface area (Å²) < 4.78 is 37.5. The first-order valence-electron chi connectivity index (χ1n) is 6.36. The molecule has 0 atom stereocenters. The van der Waals surface area contributed by atoms with Gasteiger partial charge in [-0.3, -0.25) is 4.90 Å². The third kappa shape index (κ3) is 3.78. The highest BCUT2D eigenvalue weighted by molar-refractivity contribution is 5.65. The van der Waals surface area contributed by atoms with Gasteiger partial charge in [0.2, 0.25) is 0 Å². The van der Waals surface area contributed by atoms with Gasteiger partial charge in [-0.15, -0.1) is 0 Å². The SMILES string of the molecule is O=C(O)N1CCN(Cc2ccc(C(F)(F)F)cc2O)CC1. The van der Waals surface area contributed by atoms with Gasteiger partial charge in [0.25, 0.3) is 0 Å². The number of phenols is 1. The Morgan fingerprint density at radius 3 is 2.29 bits per heavy atom. The number of aromatic hydroxyl groups is 1. The Hall–Kier alpha value is -1.96. The monoisotopic (exact) mass is 304 g/mol. The molecule has 1 heterocycles. The molecule has 116 valence electrons. The summed E-state index contributed by atoms with van der Waals surface area (Å²) in [5.41, 5.74) is -0.494. The van der Waals surface area contributed by atoms with Gasteiger partial charge in [-0.05, 0) is 12.1 Å². The number of carbonyl (C=O) groups is 1. The van der Waals surface area contributed by atoms with Crippen molar-refractivity contribution in [2.75, 3.05) is 26.2 Å². The molecule has 0 unspecified atom stereocenters. The molecule has 0 bridgehead atoms. The molecular formula is C13H15F3N2O3. The summed E-state index contributed by atoms with van der Waals surface area (Å²) in [5.74, 6) is -0.398. The van der Waals surface area contributed by atoms with Crippen LogP contribution in [0.3, 0.4) is 0 Å². The van der Waals surface area contributed by atoms with Crippen molar-refractivity contribution in [3.8, 4) is 5.75 Å². The molecule has 8 heteroatoms. The Balaban J connectivity index is 2.00. The Kier molecular flexibility index (Phi) is 4.26. The fourth-order valence-corrected chi connectivity index (χ4v) is 2.21. The van der Waals surface area contributed by atoms with Crippen LogP contribution in [0.2, 0.25) is 0 Å². The van der Waals surface area contributed by atoms with Gasteiger partial charge in [0, 0.05) is 38.3 Å². The smallest absolute Gasteiger partial charge is 0.416 e. The van der Waals surface area contributed by atoms with Crippen molar-refractivity contribution in [3.63, 3.8) is 0 Å². The van der Waals surface area contributed by atoms with E-state index in [-0.39, 0.29) is 6.54 Å². The predicted octanol–water partition coefficient (Wildman–Crippen LogP) is 2.21. The maximum Gasteiger partial charge on any atom is 0.416 e. The minimum atomic E-state index is -4.48. The summed E-state index contributed by atoms with van der Waals surface area (Å²) in [6, 6.07) is 2.90. The van der Waals surface area contributed by atoms with Crippen LogP contribution in [0.1, 0.15) is 11.1 Å². The molecule has 2 N–H and O–H groups in total. The van der Waals surface area contributed by atoms with Gasteiger partial charge in [-0.1, -0.05) is 6.07 Å². The van der Waals surface area contributed by atoms with Crippen LogP contribution in [0, 0.1) is 0 Å². The van der Waals surface area contributed by atoms with E-state index in [2.05, 4.69) is 0 Å². The number of rotatable bonds is 2. The maximum absolute atomic E-state index is 12.5. The summed E-state index contributed by atoms with van der Waals surface area (Å²) >= 11 is 0. The molecule has 0 saturated carbocycles. The number of amides is 1. The van der Waals surface area contributed by atoms with Gasteiger partial charge in [-0.2, -0.15) is 13.2 Å². The van der Waals surface area contributed by atoms with Crippen LogP contribution in [-0.4, -0.2) is 52.3 Å². The van der Waals surface area contributed by atoms with Crippen LogP contribution in [0.4, 0.5) is 18.0 Å². The fraction of sp³-hybridized carbons (Fsp3) is 0.462. The van der Waals surface area contributed by atoms with Crippen molar-refractivity contribution in [1.82, 2.24) is 9.80 Å². The van der Waals surface area contributed by atoms with Gasteiger partial charge in [0.05, 0.1) is 5.56 Å². The largest absolute Gasteiger partial charge is 0.508 e. The molecular weight excluding hydrogens is 289 g/mol. The fourth-order valence-electron chi connectivity index (χ4n) is 2.21. The first-order valence-corrected chi connectivity index (χ1v) is 6.36. The third-order valence-corrected chi connectivity index (χ3v) is 3.45. The zero-order valence-corrected chi connectivity index (χ0v) is 11.1. The summed E-state index contributed by atoms with van der Waals surface area (Å²) in [7, 11) is 0. The number of halogens is 3. The average Bonchev–Trinajstić information content (AvgIpc) is 2.40. The number of hydrogen-bond donors (Lipinski definition) is 2. The molecule has 0 radical (unpaired) electrons. The molecule has 0 aromatic heterocycles. The molecule has 5 nitrogen and oxygen atoms in total. The summed E-state index contributed by atoms with van der Waals surface area (Å²) in [5, 5.41) is 18.5. The average molecular weight is 304 g/mol. The highest BCUT2D eigenvalue weighted by atomic mass is 19.4. The molecule has 1 saturated heterocycles. The van der Waals surface area contributed by atoms with Crippen LogP contribution in [0.5, 0.6) is 5.75 Å². The molecule has 1 fully saturated rings. The summed E-state index contributed by atoms with van der Waals surface area (Å²) in [6.45, 7) is 1.93. The highest BCUT2D eigenvalue weighted by Gasteiger charge is 2.31. The normalized spacial score (nSPS) is 17.0. The van der Waals surface area contributed by atoms with E-state index in [1.165, 1.54) is 11.0 Å². The van der Waals surface area contributed by atoms with Crippen LogP contribution in [0.15, 0.2) is 18.2 Å². The maximum atomic E-state index is 12.5. The van der Waals surface area contributed by atoms with E-state index in [0.29, 0.717) is 37.8 Å².